The topological polar surface area (TPSA) is 29.1 Å². The molecule has 1 amide bonds. The van der Waals surface area contributed by atoms with Gasteiger partial charge in [0.15, 0.2) is 0 Å². The zero-order valence-corrected chi connectivity index (χ0v) is 11.0. The van der Waals surface area contributed by atoms with Crippen molar-refractivity contribution in [2.75, 3.05) is 6.26 Å². The Hall–Kier alpha value is -1.74. The van der Waals surface area contributed by atoms with Gasteiger partial charge in [-0.1, -0.05) is 72.4 Å². The van der Waals surface area contributed by atoms with Crippen LogP contribution >= 0.6 is 11.8 Å². The molecular weight excluding hydrogens is 242 g/mol. The fourth-order valence-electron chi connectivity index (χ4n) is 1.83. The normalized spacial score (nSPS) is 10.3. The average molecular weight is 257 g/mol. The quantitative estimate of drug-likeness (QED) is 0.905. The fourth-order valence-corrected chi connectivity index (χ4v) is 2.06. The number of hydrogen-bond acceptors (Lipinski definition) is 2. The summed E-state index contributed by atoms with van der Waals surface area (Å²) in [5.41, 5.74) is 2.18. The van der Waals surface area contributed by atoms with E-state index < -0.39 is 0 Å². The van der Waals surface area contributed by atoms with Crippen molar-refractivity contribution in [2.24, 2.45) is 0 Å². The van der Waals surface area contributed by atoms with Crippen LogP contribution in [0.1, 0.15) is 17.2 Å². The molecule has 0 spiro atoms. The van der Waals surface area contributed by atoms with Crippen molar-refractivity contribution in [1.29, 1.82) is 0 Å². The van der Waals surface area contributed by atoms with Crippen molar-refractivity contribution in [3.05, 3.63) is 71.8 Å². The Morgan fingerprint density at radius 1 is 0.944 bits per heavy atom. The Kier molecular flexibility index (Phi) is 4.42. The second-order valence-electron chi connectivity index (χ2n) is 3.89. The third kappa shape index (κ3) is 3.14. The van der Waals surface area contributed by atoms with Gasteiger partial charge in [0.1, 0.15) is 0 Å². The lowest BCUT2D eigenvalue weighted by Gasteiger charge is -2.19. The van der Waals surface area contributed by atoms with Crippen molar-refractivity contribution in [3.8, 4) is 0 Å². The maximum absolute atomic E-state index is 11.6. The number of amides is 1. The summed E-state index contributed by atoms with van der Waals surface area (Å²) in [5.74, 6) is 0. The number of carbonyl (C=O) groups excluding carboxylic acids is 1. The molecule has 2 aromatic carbocycles. The standard InChI is InChI=1S/C15H15NOS/c1-18-15(17)16-14(12-8-4-2-5-9-12)13-10-6-3-7-11-13/h2-11,14H,1H3,(H,16,17). The molecule has 3 heteroatoms. The van der Waals surface area contributed by atoms with Gasteiger partial charge >= 0.3 is 0 Å². The molecule has 92 valence electrons. The monoisotopic (exact) mass is 257 g/mol. The lowest BCUT2D eigenvalue weighted by Crippen LogP contribution is -2.25. The Morgan fingerprint density at radius 2 is 1.39 bits per heavy atom. The maximum atomic E-state index is 11.6. The summed E-state index contributed by atoms with van der Waals surface area (Å²) in [4.78, 5) is 11.6. The molecular formula is C15H15NOS. The molecule has 0 unspecified atom stereocenters. The van der Waals surface area contributed by atoms with E-state index in [1.54, 1.807) is 6.26 Å². The fraction of sp³-hybridized carbons (Fsp3) is 0.133. The van der Waals surface area contributed by atoms with E-state index in [9.17, 15) is 4.79 Å². The highest BCUT2D eigenvalue weighted by Crippen LogP contribution is 2.22. The molecule has 2 rings (SSSR count). The Morgan fingerprint density at radius 3 is 1.78 bits per heavy atom. The van der Waals surface area contributed by atoms with Crippen LogP contribution in [0.25, 0.3) is 0 Å². The molecule has 18 heavy (non-hydrogen) atoms. The number of hydrogen-bond donors (Lipinski definition) is 1. The molecule has 0 radical (unpaired) electrons. The van der Waals surface area contributed by atoms with E-state index in [1.807, 2.05) is 60.7 Å². The van der Waals surface area contributed by atoms with Gasteiger partial charge in [-0.3, -0.25) is 4.79 Å². The second-order valence-corrected chi connectivity index (χ2v) is 4.67. The van der Waals surface area contributed by atoms with Gasteiger partial charge in [0.05, 0.1) is 6.04 Å². The van der Waals surface area contributed by atoms with Crippen molar-refractivity contribution in [3.63, 3.8) is 0 Å². The number of benzene rings is 2. The van der Waals surface area contributed by atoms with Gasteiger partial charge in [-0.05, 0) is 17.4 Å². The first-order valence-electron chi connectivity index (χ1n) is 5.75. The summed E-state index contributed by atoms with van der Waals surface area (Å²) in [6, 6.07) is 19.9. The van der Waals surface area contributed by atoms with Gasteiger partial charge in [-0.15, -0.1) is 0 Å². The molecule has 0 aliphatic carbocycles. The van der Waals surface area contributed by atoms with Crippen LogP contribution in [0.3, 0.4) is 0 Å². The van der Waals surface area contributed by atoms with E-state index >= 15 is 0 Å². The van der Waals surface area contributed by atoms with Gasteiger partial charge in [0.25, 0.3) is 5.24 Å². The van der Waals surface area contributed by atoms with Crippen LogP contribution in [-0.4, -0.2) is 11.5 Å². The van der Waals surface area contributed by atoms with E-state index in [1.165, 1.54) is 11.8 Å². The predicted octanol–water partition coefficient (Wildman–Crippen LogP) is 3.85. The maximum Gasteiger partial charge on any atom is 0.279 e. The molecule has 0 aliphatic heterocycles. The van der Waals surface area contributed by atoms with Gasteiger partial charge in [0, 0.05) is 0 Å². The second kappa shape index (κ2) is 6.26. The van der Waals surface area contributed by atoms with E-state index in [2.05, 4.69) is 5.32 Å². The summed E-state index contributed by atoms with van der Waals surface area (Å²) in [6.07, 6.45) is 1.78. The Balaban J connectivity index is 2.32. The third-order valence-corrected chi connectivity index (χ3v) is 3.20. The van der Waals surface area contributed by atoms with Crippen LogP contribution in [0.2, 0.25) is 0 Å². The molecule has 1 N–H and O–H groups in total. The summed E-state index contributed by atoms with van der Waals surface area (Å²) >= 11 is 1.19. The zero-order chi connectivity index (χ0) is 12.8. The molecule has 0 aliphatic rings. The largest absolute Gasteiger partial charge is 0.336 e. The first-order valence-corrected chi connectivity index (χ1v) is 6.98. The molecule has 0 aromatic heterocycles. The molecule has 0 bridgehead atoms. The highest BCUT2D eigenvalue weighted by Gasteiger charge is 2.15. The van der Waals surface area contributed by atoms with Gasteiger partial charge in [-0.25, -0.2) is 0 Å². The molecule has 0 saturated carbocycles. The van der Waals surface area contributed by atoms with E-state index in [0.717, 1.165) is 11.1 Å². The molecule has 2 nitrogen and oxygen atoms in total. The SMILES string of the molecule is CSC(=O)NC(c1ccccc1)c1ccccc1. The van der Waals surface area contributed by atoms with Crippen LogP contribution in [-0.2, 0) is 0 Å². The van der Waals surface area contributed by atoms with Crippen molar-refractivity contribution in [1.82, 2.24) is 5.32 Å². The summed E-state index contributed by atoms with van der Waals surface area (Å²) in [7, 11) is 0. The van der Waals surface area contributed by atoms with Crippen LogP contribution in [0.15, 0.2) is 60.7 Å². The minimum Gasteiger partial charge on any atom is -0.336 e. The first-order chi connectivity index (χ1) is 8.81. The number of nitrogens with one attached hydrogen (secondary N) is 1. The number of rotatable bonds is 3. The summed E-state index contributed by atoms with van der Waals surface area (Å²) in [6.45, 7) is 0. The highest BCUT2D eigenvalue weighted by atomic mass is 32.2. The highest BCUT2D eigenvalue weighted by molar-refractivity contribution is 8.12. The minimum atomic E-state index is -0.0904. The molecule has 2 aromatic rings. The third-order valence-electron chi connectivity index (χ3n) is 2.71. The van der Waals surface area contributed by atoms with E-state index in [-0.39, 0.29) is 11.3 Å². The summed E-state index contributed by atoms with van der Waals surface area (Å²) < 4.78 is 0. The lowest BCUT2D eigenvalue weighted by atomic mass is 9.99. The van der Waals surface area contributed by atoms with Crippen molar-refractivity contribution in [2.45, 2.75) is 6.04 Å². The zero-order valence-electron chi connectivity index (χ0n) is 10.2. The van der Waals surface area contributed by atoms with E-state index in [4.69, 9.17) is 0 Å². The Bertz CT molecular complexity index is 459. The first kappa shape index (κ1) is 12.7. The molecule has 0 saturated heterocycles. The average Bonchev–Trinajstić information content (AvgIpc) is 2.46. The lowest BCUT2D eigenvalue weighted by molar-refractivity contribution is 0.259. The number of thioether (sulfide) groups is 1. The predicted molar refractivity (Wildman–Crippen MR) is 76.8 cm³/mol. The van der Waals surface area contributed by atoms with Gasteiger partial charge in [0.2, 0.25) is 0 Å². The molecule has 0 fully saturated rings. The van der Waals surface area contributed by atoms with Crippen LogP contribution in [0.4, 0.5) is 4.79 Å². The molecule has 0 atom stereocenters. The van der Waals surface area contributed by atoms with Crippen LogP contribution in [0, 0.1) is 0 Å². The molecule has 0 heterocycles. The van der Waals surface area contributed by atoms with E-state index in [0.29, 0.717) is 0 Å². The van der Waals surface area contributed by atoms with Crippen molar-refractivity contribution < 1.29 is 4.79 Å². The van der Waals surface area contributed by atoms with Crippen LogP contribution < -0.4 is 5.32 Å². The summed E-state index contributed by atoms with van der Waals surface area (Å²) in [5, 5.41) is 3.00. The minimum absolute atomic E-state index is 0.0206. The van der Waals surface area contributed by atoms with Gasteiger partial charge < -0.3 is 5.32 Å². The van der Waals surface area contributed by atoms with Crippen LogP contribution in [0.5, 0.6) is 0 Å². The number of carbonyl (C=O) groups is 1. The smallest absolute Gasteiger partial charge is 0.279 e. The Labute approximate surface area is 111 Å². The van der Waals surface area contributed by atoms with Crippen molar-refractivity contribution >= 4 is 17.0 Å². The van der Waals surface area contributed by atoms with Gasteiger partial charge in [-0.2, -0.15) is 0 Å².